The normalized spacial score (nSPS) is 11.7. The summed E-state index contributed by atoms with van der Waals surface area (Å²) >= 11 is 6.05. The molecule has 122 valence electrons. The molecule has 0 aromatic heterocycles. The first kappa shape index (κ1) is 17.2. The van der Waals surface area contributed by atoms with Gasteiger partial charge in [-0.1, -0.05) is 17.7 Å². The van der Waals surface area contributed by atoms with E-state index in [2.05, 4.69) is 11.4 Å². The van der Waals surface area contributed by atoms with Crippen molar-refractivity contribution in [2.24, 2.45) is 0 Å². The fourth-order valence-electron chi connectivity index (χ4n) is 2.25. The molecule has 1 atom stereocenters. The zero-order valence-electron chi connectivity index (χ0n) is 13.6. The number of hydrogen-bond acceptors (Lipinski definition) is 3. The third-order valence-electron chi connectivity index (χ3n) is 3.30. The molecule has 0 radical (unpaired) electrons. The van der Waals surface area contributed by atoms with Gasteiger partial charge in [-0.25, -0.2) is 0 Å². The van der Waals surface area contributed by atoms with Gasteiger partial charge in [-0.15, -0.1) is 0 Å². The number of anilines is 1. The third-order valence-corrected chi connectivity index (χ3v) is 3.59. The highest BCUT2D eigenvalue weighted by molar-refractivity contribution is 6.32. The Hall–Kier alpha value is -2.20. The highest BCUT2D eigenvalue weighted by atomic mass is 35.5. The molecule has 2 aromatic rings. The van der Waals surface area contributed by atoms with Crippen molar-refractivity contribution in [1.29, 1.82) is 0 Å². The van der Waals surface area contributed by atoms with Gasteiger partial charge >= 0.3 is 0 Å². The fraction of sp³-hybridized carbons (Fsp3) is 0.278. The lowest BCUT2D eigenvalue weighted by Crippen LogP contribution is -2.30. The van der Waals surface area contributed by atoms with Crippen LogP contribution in [0, 0.1) is 13.8 Å². The summed E-state index contributed by atoms with van der Waals surface area (Å²) in [7, 11) is 1.54. The summed E-state index contributed by atoms with van der Waals surface area (Å²) in [5.41, 5.74) is 2.78. The summed E-state index contributed by atoms with van der Waals surface area (Å²) in [5.74, 6) is 0.993. The van der Waals surface area contributed by atoms with Crippen molar-refractivity contribution in [3.8, 4) is 11.5 Å². The Balaban J connectivity index is 2.03. The Morgan fingerprint density at radius 2 is 1.78 bits per heavy atom. The molecule has 1 amide bonds. The first-order valence-corrected chi connectivity index (χ1v) is 7.66. The number of ether oxygens (including phenoxy) is 2. The highest BCUT2D eigenvalue weighted by Gasteiger charge is 2.16. The van der Waals surface area contributed by atoms with Crippen molar-refractivity contribution in [3.05, 3.63) is 52.5 Å². The van der Waals surface area contributed by atoms with E-state index < -0.39 is 6.10 Å². The minimum Gasteiger partial charge on any atom is -0.495 e. The van der Waals surface area contributed by atoms with E-state index in [0.29, 0.717) is 22.2 Å². The number of aryl methyl sites for hydroxylation is 2. The molecule has 0 aliphatic rings. The lowest BCUT2D eigenvalue weighted by molar-refractivity contribution is -0.122. The van der Waals surface area contributed by atoms with E-state index in [1.54, 1.807) is 32.2 Å². The van der Waals surface area contributed by atoms with Crippen LogP contribution in [-0.4, -0.2) is 19.1 Å². The Morgan fingerprint density at radius 1 is 1.13 bits per heavy atom. The highest BCUT2D eigenvalue weighted by Crippen LogP contribution is 2.27. The SMILES string of the molecule is COc1ccc(NC(=O)C(C)Oc2cc(C)cc(C)c2)cc1Cl. The van der Waals surface area contributed by atoms with E-state index in [9.17, 15) is 4.79 Å². The molecular weight excluding hydrogens is 314 g/mol. The van der Waals surface area contributed by atoms with Gasteiger partial charge in [0.2, 0.25) is 0 Å². The number of nitrogens with one attached hydrogen (secondary N) is 1. The molecule has 1 N–H and O–H groups in total. The first-order chi connectivity index (χ1) is 10.9. The molecular formula is C18H20ClNO3. The minimum absolute atomic E-state index is 0.245. The molecule has 0 bridgehead atoms. The maximum atomic E-state index is 12.2. The molecule has 1 unspecified atom stereocenters. The average molecular weight is 334 g/mol. The van der Waals surface area contributed by atoms with Crippen LogP contribution in [0.3, 0.4) is 0 Å². The molecule has 2 aromatic carbocycles. The maximum absolute atomic E-state index is 12.2. The second-order valence-electron chi connectivity index (χ2n) is 5.42. The van der Waals surface area contributed by atoms with E-state index in [1.165, 1.54) is 0 Å². The van der Waals surface area contributed by atoms with Crippen LogP contribution in [0.15, 0.2) is 36.4 Å². The lowest BCUT2D eigenvalue weighted by atomic mass is 10.1. The standard InChI is InChI=1S/C18H20ClNO3/c1-11-7-12(2)9-15(8-11)23-13(3)18(21)20-14-5-6-17(22-4)16(19)10-14/h5-10,13H,1-4H3,(H,20,21). The van der Waals surface area contributed by atoms with Crippen LogP contribution in [-0.2, 0) is 4.79 Å². The van der Waals surface area contributed by atoms with Gasteiger partial charge < -0.3 is 14.8 Å². The quantitative estimate of drug-likeness (QED) is 0.883. The lowest BCUT2D eigenvalue weighted by Gasteiger charge is -2.16. The number of hydrogen-bond donors (Lipinski definition) is 1. The summed E-state index contributed by atoms with van der Waals surface area (Å²) in [4.78, 5) is 12.2. The molecule has 4 nitrogen and oxygen atoms in total. The van der Waals surface area contributed by atoms with Crippen LogP contribution in [0.2, 0.25) is 5.02 Å². The topological polar surface area (TPSA) is 47.6 Å². The monoisotopic (exact) mass is 333 g/mol. The summed E-state index contributed by atoms with van der Waals surface area (Å²) in [6.07, 6.45) is -0.628. The number of halogens is 1. The van der Waals surface area contributed by atoms with Crippen LogP contribution in [0.5, 0.6) is 11.5 Å². The van der Waals surface area contributed by atoms with Gasteiger partial charge in [0.25, 0.3) is 5.91 Å². The van der Waals surface area contributed by atoms with Crippen molar-refractivity contribution >= 4 is 23.2 Å². The van der Waals surface area contributed by atoms with Crippen LogP contribution in [0.4, 0.5) is 5.69 Å². The van der Waals surface area contributed by atoms with Gasteiger partial charge in [0.1, 0.15) is 11.5 Å². The molecule has 23 heavy (non-hydrogen) atoms. The largest absolute Gasteiger partial charge is 0.495 e. The van der Waals surface area contributed by atoms with Crippen LogP contribution < -0.4 is 14.8 Å². The Labute approximate surface area is 141 Å². The van der Waals surface area contributed by atoms with Gasteiger partial charge in [0, 0.05) is 5.69 Å². The minimum atomic E-state index is -0.628. The van der Waals surface area contributed by atoms with Gasteiger partial charge in [-0.05, 0) is 62.2 Å². The van der Waals surface area contributed by atoms with E-state index in [1.807, 2.05) is 26.0 Å². The number of benzene rings is 2. The molecule has 0 fully saturated rings. The summed E-state index contributed by atoms with van der Waals surface area (Å²) in [6.45, 7) is 5.69. The Kier molecular flexibility index (Phi) is 5.50. The van der Waals surface area contributed by atoms with E-state index in [4.69, 9.17) is 21.1 Å². The second kappa shape index (κ2) is 7.38. The van der Waals surface area contributed by atoms with Gasteiger partial charge in [0.05, 0.1) is 12.1 Å². The van der Waals surface area contributed by atoms with Crippen molar-refractivity contribution in [3.63, 3.8) is 0 Å². The molecule has 5 heteroatoms. The molecule has 2 rings (SSSR count). The molecule has 0 aliphatic carbocycles. The number of carbonyl (C=O) groups is 1. The zero-order chi connectivity index (χ0) is 17.0. The number of carbonyl (C=O) groups excluding carboxylic acids is 1. The van der Waals surface area contributed by atoms with E-state index >= 15 is 0 Å². The Morgan fingerprint density at radius 3 is 2.35 bits per heavy atom. The second-order valence-corrected chi connectivity index (χ2v) is 5.83. The predicted molar refractivity (Wildman–Crippen MR) is 92.6 cm³/mol. The molecule has 0 heterocycles. The smallest absolute Gasteiger partial charge is 0.265 e. The number of methoxy groups -OCH3 is 1. The average Bonchev–Trinajstić information content (AvgIpc) is 2.46. The van der Waals surface area contributed by atoms with Gasteiger partial charge in [-0.2, -0.15) is 0 Å². The van der Waals surface area contributed by atoms with Crippen LogP contribution in [0.1, 0.15) is 18.1 Å². The zero-order valence-corrected chi connectivity index (χ0v) is 14.4. The van der Waals surface area contributed by atoms with Crippen molar-refractivity contribution in [1.82, 2.24) is 0 Å². The summed E-state index contributed by atoms with van der Waals surface area (Å²) in [5, 5.41) is 3.22. The first-order valence-electron chi connectivity index (χ1n) is 7.28. The van der Waals surface area contributed by atoms with Gasteiger partial charge in [-0.3, -0.25) is 4.79 Å². The summed E-state index contributed by atoms with van der Waals surface area (Å²) < 4.78 is 10.8. The Bertz CT molecular complexity index is 695. The van der Waals surface area contributed by atoms with E-state index in [-0.39, 0.29) is 5.91 Å². The van der Waals surface area contributed by atoms with Crippen molar-refractivity contribution < 1.29 is 14.3 Å². The molecule has 0 saturated carbocycles. The maximum Gasteiger partial charge on any atom is 0.265 e. The van der Waals surface area contributed by atoms with Crippen LogP contribution in [0.25, 0.3) is 0 Å². The van der Waals surface area contributed by atoms with Crippen molar-refractivity contribution in [2.75, 3.05) is 12.4 Å². The van der Waals surface area contributed by atoms with E-state index in [0.717, 1.165) is 11.1 Å². The third kappa shape index (κ3) is 4.63. The predicted octanol–water partition coefficient (Wildman–Crippen LogP) is 4.37. The number of rotatable bonds is 5. The fourth-order valence-corrected chi connectivity index (χ4v) is 2.50. The van der Waals surface area contributed by atoms with Crippen molar-refractivity contribution in [2.45, 2.75) is 26.9 Å². The molecule has 0 saturated heterocycles. The molecule has 0 aliphatic heterocycles. The summed E-state index contributed by atoms with van der Waals surface area (Å²) in [6, 6.07) is 10.9. The van der Waals surface area contributed by atoms with Gasteiger partial charge in [0.15, 0.2) is 6.10 Å². The number of amides is 1. The molecule has 0 spiro atoms. The van der Waals surface area contributed by atoms with Crippen LogP contribution >= 0.6 is 11.6 Å².